The van der Waals surface area contributed by atoms with Crippen molar-refractivity contribution in [3.63, 3.8) is 0 Å². The van der Waals surface area contributed by atoms with E-state index in [-0.39, 0.29) is 18.2 Å². The van der Waals surface area contributed by atoms with E-state index in [1.165, 1.54) is 10.8 Å². The highest BCUT2D eigenvalue weighted by molar-refractivity contribution is 8.76. The number of ether oxygens (including phenoxy) is 1. The van der Waals surface area contributed by atoms with Crippen molar-refractivity contribution >= 4 is 39.4 Å². The molecule has 0 aromatic carbocycles. The van der Waals surface area contributed by atoms with Gasteiger partial charge in [0.2, 0.25) is 0 Å². The number of rotatable bonds is 9. The molecule has 1 saturated heterocycles. The van der Waals surface area contributed by atoms with Crippen molar-refractivity contribution in [2.24, 2.45) is 0 Å². The molecule has 0 saturated carbocycles. The fraction of sp³-hybridized carbons (Fsp3) is 0.625. The summed E-state index contributed by atoms with van der Waals surface area (Å²) in [6.07, 6.45) is -3.15. The van der Waals surface area contributed by atoms with Crippen molar-refractivity contribution in [1.29, 1.82) is 0 Å². The lowest BCUT2D eigenvalue weighted by molar-refractivity contribution is -0.192. The van der Waals surface area contributed by atoms with Crippen molar-refractivity contribution in [1.82, 2.24) is 10.5 Å². The highest BCUT2D eigenvalue weighted by Gasteiger charge is 2.38. The molecule has 0 atom stereocenters. The maximum atomic E-state index is 12.0. The molecule has 14 heteroatoms. The molecule has 3 N–H and O–H groups in total. The molecular weight excluding hydrogens is 453 g/mol. The van der Waals surface area contributed by atoms with Gasteiger partial charge in [0.25, 0.3) is 5.91 Å². The smallest absolute Gasteiger partial charge is 0.481 e. The number of hydrogen-bond acceptors (Lipinski definition) is 8. The van der Waals surface area contributed by atoms with Crippen LogP contribution in [-0.2, 0) is 14.3 Å². The molecule has 0 spiro atoms. The molecule has 0 unspecified atom stereocenters. The van der Waals surface area contributed by atoms with Gasteiger partial charge in [0.15, 0.2) is 5.69 Å². The molecule has 0 bridgehead atoms. The van der Waals surface area contributed by atoms with Crippen molar-refractivity contribution in [2.45, 2.75) is 31.4 Å². The zero-order chi connectivity index (χ0) is 22.6. The Balaban J connectivity index is 0.000000553. The van der Waals surface area contributed by atoms with E-state index in [1.54, 1.807) is 16.9 Å². The fourth-order valence-electron chi connectivity index (χ4n) is 2.11. The Morgan fingerprint density at radius 2 is 1.77 bits per heavy atom. The average molecular weight is 474 g/mol. The topological polar surface area (TPSA) is 139 Å². The van der Waals surface area contributed by atoms with Crippen molar-refractivity contribution in [3.05, 3.63) is 17.5 Å². The number of nitrogens with one attached hydrogen (secondary N) is 1. The summed E-state index contributed by atoms with van der Waals surface area (Å²) in [5.41, 5.74) is 0.301. The number of carboxylic acid groups (broad SMARTS) is 2. The van der Waals surface area contributed by atoms with Gasteiger partial charge in [-0.1, -0.05) is 26.7 Å². The van der Waals surface area contributed by atoms with Gasteiger partial charge >= 0.3 is 18.1 Å². The first-order valence-electron chi connectivity index (χ1n) is 8.70. The Bertz CT molecular complexity index is 695. The van der Waals surface area contributed by atoms with E-state index >= 15 is 0 Å². The molecular formula is C16H21F3N2O7S2. The minimum absolute atomic E-state index is 0.151. The van der Waals surface area contributed by atoms with Crippen molar-refractivity contribution in [2.75, 3.05) is 31.3 Å². The third kappa shape index (κ3) is 10.7. The molecule has 0 aliphatic carbocycles. The molecule has 1 aliphatic heterocycles. The van der Waals surface area contributed by atoms with Crippen molar-refractivity contribution in [3.8, 4) is 0 Å². The maximum Gasteiger partial charge on any atom is 0.490 e. The molecule has 170 valence electrons. The van der Waals surface area contributed by atoms with E-state index in [4.69, 9.17) is 24.3 Å². The number of alkyl halides is 3. The molecule has 2 rings (SSSR count). The molecule has 1 fully saturated rings. The maximum absolute atomic E-state index is 12.0. The summed E-state index contributed by atoms with van der Waals surface area (Å²) in [4.78, 5) is 31.2. The number of carbonyl (C=O) groups is 3. The number of hydrogen-bond donors (Lipinski definition) is 3. The zero-order valence-corrected chi connectivity index (χ0v) is 17.3. The Morgan fingerprint density at radius 1 is 1.17 bits per heavy atom. The quantitative estimate of drug-likeness (QED) is 0.362. The second kappa shape index (κ2) is 13.4. The van der Waals surface area contributed by atoms with Gasteiger partial charge < -0.3 is 24.8 Å². The van der Waals surface area contributed by atoms with Crippen LogP contribution in [0.4, 0.5) is 13.2 Å². The Kier molecular flexibility index (Phi) is 11.7. The van der Waals surface area contributed by atoms with Crippen LogP contribution in [0, 0.1) is 0 Å². The minimum atomic E-state index is -5.08. The molecule has 1 aromatic rings. The fourth-order valence-corrected chi connectivity index (χ4v) is 4.00. The van der Waals surface area contributed by atoms with Crippen molar-refractivity contribution < 1.29 is 47.0 Å². The normalized spacial score (nSPS) is 14.5. The number of nitrogens with zero attached hydrogens (tertiary/aromatic N) is 1. The van der Waals surface area contributed by atoms with Crippen LogP contribution in [0.2, 0.25) is 0 Å². The predicted octanol–water partition coefficient (Wildman–Crippen LogP) is 2.79. The molecule has 1 aromatic heterocycles. The molecule has 30 heavy (non-hydrogen) atoms. The van der Waals surface area contributed by atoms with Crippen LogP contribution in [0.1, 0.15) is 41.4 Å². The SMILES string of the molecule is O=C(O)C(F)(F)F.O=C(O)CCSSCCNC(=O)c1cc(C2CCOCC2)on1. The average Bonchev–Trinajstić information content (AvgIpc) is 3.17. The van der Waals surface area contributed by atoms with Gasteiger partial charge in [-0.3, -0.25) is 9.59 Å². The second-order valence-electron chi connectivity index (χ2n) is 5.85. The Morgan fingerprint density at radius 3 is 2.33 bits per heavy atom. The highest BCUT2D eigenvalue weighted by atomic mass is 33.1. The summed E-state index contributed by atoms with van der Waals surface area (Å²) in [6.45, 7) is 1.93. The van der Waals surface area contributed by atoms with Crippen LogP contribution in [-0.4, -0.2) is 70.7 Å². The minimum Gasteiger partial charge on any atom is -0.481 e. The Labute approximate surface area is 177 Å². The lowest BCUT2D eigenvalue weighted by Crippen LogP contribution is -2.25. The highest BCUT2D eigenvalue weighted by Crippen LogP contribution is 2.27. The summed E-state index contributed by atoms with van der Waals surface area (Å²) < 4.78 is 42.3. The van der Waals surface area contributed by atoms with E-state index in [0.29, 0.717) is 37.0 Å². The van der Waals surface area contributed by atoms with E-state index in [2.05, 4.69) is 10.5 Å². The third-order valence-corrected chi connectivity index (χ3v) is 5.99. The first-order chi connectivity index (χ1) is 14.1. The van der Waals surface area contributed by atoms with Gasteiger partial charge in [-0.25, -0.2) is 4.79 Å². The van der Waals surface area contributed by atoms with Gasteiger partial charge in [-0.2, -0.15) is 13.2 Å². The van der Waals surface area contributed by atoms with Gasteiger partial charge in [0.1, 0.15) is 5.76 Å². The standard InChI is InChI=1S/C14H20N2O5S2.C2HF3O2/c17-13(18)3-7-22-23-8-4-15-14(19)11-9-12(21-16-11)10-1-5-20-6-2-10;3-2(4,5)1(6)7/h9-10H,1-8H2,(H,15,19)(H,17,18);(H,6,7). The number of amides is 1. The van der Waals surface area contributed by atoms with Gasteiger partial charge in [0, 0.05) is 43.2 Å². The molecule has 0 radical (unpaired) electrons. The van der Waals surface area contributed by atoms with Gasteiger partial charge in [0.05, 0.1) is 6.42 Å². The predicted molar refractivity (Wildman–Crippen MR) is 102 cm³/mol. The lowest BCUT2D eigenvalue weighted by Gasteiger charge is -2.18. The monoisotopic (exact) mass is 474 g/mol. The molecule has 1 amide bonds. The third-order valence-electron chi connectivity index (χ3n) is 3.58. The molecule has 2 heterocycles. The van der Waals surface area contributed by atoms with Crippen LogP contribution in [0.25, 0.3) is 0 Å². The van der Waals surface area contributed by atoms with E-state index in [1.807, 2.05) is 0 Å². The summed E-state index contributed by atoms with van der Waals surface area (Å²) in [5, 5.41) is 22.2. The molecule has 1 aliphatic rings. The largest absolute Gasteiger partial charge is 0.490 e. The van der Waals surface area contributed by atoms with Crippen LogP contribution in [0.5, 0.6) is 0 Å². The van der Waals surface area contributed by atoms with Crippen LogP contribution in [0.3, 0.4) is 0 Å². The van der Waals surface area contributed by atoms with E-state index in [9.17, 15) is 22.8 Å². The van der Waals surface area contributed by atoms with Crippen LogP contribution in [0.15, 0.2) is 10.6 Å². The van der Waals surface area contributed by atoms with E-state index < -0.39 is 18.1 Å². The summed E-state index contributed by atoms with van der Waals surface area (Å²) in [5.74, 6) is -1.50. The molecule has 9 nitrogen and oxygen atoms in total. The van der Waals surface area contributed by atoms with Gasteiger partial charge in [-0.05, 0) is 12.8 Å². The first kappa shape index (κ1) is 26.1. The number of aromatic nitrogens is 1. The Hall–Kier alpha value is -1.93. The van der Waals surface area contributed by atoms with Crippen LogP contribution >= 0.6 is 21.6 Å². The lowest BCUT2D eigenvalue weighted by atomic mass is 9.97. The van der Waals surface area contributed by atoms with Crippen LogP contribution < -0.4 is 5.32 Å². The number of carbonyl (C=O) groups excluding carboxylic acids is 1. The van der Waals surface area contributed by atoms with E-state index in [0.717, 1.165) is 18.6 Å². The second-order valence-corrected chi connectivity index (χ2v) is 8.55. The number of aliphatic carboxylic acids is 2. The van der Waals surface area contributed by atoms with Gasteiger partial charge in [-0.15, -0.1) is 0 Å². The summed E-state index contributed by atoms with van der Waals surface area (Å²) in [7, 11) is 3.03. The first-order valence-corrected chi connectivity index (χ1v) is 11.2. The zero-order valence-electron chi connectivity index (χ0n) is 15.6. The number of carboxylic acids is 2. The summed E-state index contributed by atoms with van der Waals surface area (Å²) in [6, 6.07) is 1.71. The number of halogens is 3. The summed E-state index contributed by atoms with van der Waals surface area (Å²) >= 11 is 0.